The van der Waals surface area contributed by atoms with Crippen LogP contribution in [0.5, 0.6) is 0 Å². The molecule has 1 amide bonds. The van der Waals surface area contributed by atoms with Gasteiger partial charge in [-0.05, 0) is 56.0 Å². The van der Waals surface area contributed by atoms with Crippen LogP contribution >= 0.6 is 0 Å². The minimum Gasteiger partial charge on any atom is -0.368 e. The van der Waals surface area contributed by atoms with E-state index >= 15 is 0 Å². The van der Waals surface area contributed by atoms with Gasteiger partial charge in [-0.25, -0.2) is 0 Å². The van der Waals surface area contributed by atoms with Crippen LogP contribution in [0.15, 0.2) is 30.3 Å². The second-order valence-electron chi connectivity index (χ2n) is 9.94. The standard InChI is InChI=1S/C25H34N4O2/c26-11-10-25(17-28(18-25)24(30)23-7-4-14-31-23)29-12-8-21(9-13-29)27-16-20-15-22(20)19-5-2-1-3-6-19/h1-3,5-6,20-23,27H,4,7-10,12-18H2/t20-,22?,23-/m0/s1. The smallest absolute Gasteiger partial charge is 0.251 e. The molecule has 3 aliphatic heterocycles. The van der Waals surface area contributed by atoms with E-state index in [1.54, 1.807) is 0 Å². The molecule has 166 valence electrons. The van der Waals surface area contributed by atoms with E-state index in [1.807, 2.05) is 4.90 Å². The predicted molar refractivity (Wildman–Crippen MR) is 118 cm³/mol. The van der Waals surface area contributed by atoms with Crippen molar-refractivity contribution in [3.05, 3.63) is 35.9 Å². The Bertz CT molecular complexity index is 803. The number of hydrogen-bond acceptors (Lipinski definition) is 5. The Kier molecular flexibility index (Phi) is 6.01. The molecule has 4 aliphatic rings. The van der Waals surface area contributed by atoms with Crippen molar-refractivity contribution in [2.24, 2.45) is 5.92 Å². The molecular weight excluding hydrogens is 388 g/mol. The third-order valence-electron chi connectivity index (χ3n) is 7.88. The first kappa shape index (κ1) is 20.9. The highest BCUT2D eigenvalue weighted by atomic mass is 16.5. The van der Waals surface area contributed by atoms with Crippen molar-refractivity contribution < 1.29 is 9.53 Å². The molecular formula is C25H34N4O2. The molecule has 6 nitrogen and oxygen atoms in total. The molecule has 1 unspecified atom stereocenters. The highest BCUT2D eigenvalue weighted by Crippen LogP contribution is 2.47. The number of nitrogens with one attached hydrogen (secondary N) is 1. The number of rotatable bonds is 7. The number of piperidine rings is 1. The molecule has 0 radical (unpaired) electrons. The molecule has 3 atom stereocenters. The lowest BCUT2D eigenvalue weighted by atomic mass is 9.82. The van der Waals surface area contributed by atoms with Gasteiger partial charge in [-0.1, -0.05) is 30.3 Å². The molecule has 0 aromatic heterocycles. The second kappa shape index (κ2) is 8.90. The lowest BCUT2D eigenvalue weighted by Gasteiger charge is -2.56. The molecule has 3 saturated heterocycles. The topological polar surface area (TPSA) is 68.6 Å². The molecule has 1 aliphatic carbocycles. The second-order valence-corrected chi connectivity index (χ2v) is 9.94. The van der Waals surface area contributed by atoms with Crippen molar-refractivity contribution in [1.29, 1.82) is 5.26 Å². The zero-order valence-corrected chi connectivity index (χ0v) is 18.3. The molecule has 1 aromatic carbocycles. The fraction of sp³-hybridized carbons (Fsp3) is 0.680. The lowest BCUT2D eigenvalue weighted by Crippen LogP contribution is -2.73. The predicted octanol–water partition coefficient (Wildman–Crippen LogP) is 2.52. The molecule has 1 aromatic rings. The van der Waals surface area contributed by atoms with Gasteiger partial charge in [-0.3, -0.25) is 9.69 Å². The number of likely N-dealkylation sites (tertiary alicyclic amines) is 2. The highest BCUT2D eigenvalue weighted by molar-refractivity contribution is 5.82. The van der Waals surface area contributed by atoms with Crippen LogP contribution in [0, 0.1) is 17.2 Å². The highest BCUT2D eigenvalue weighted by Gasteiger charge is 2.51. The minimum absolute atomic E-state index is 0.125. The molecule has 6 heteroatoms. The maximum absolute atomic E-state index is 12.6. The van der Waals surface area contributed by atoms with Gasteiger partial charge in [-0.2, -0.15) is 5.26 Å². The first-order chi connectivity index (χ1) is 15.2. The van der Waals surface area contributed by atoms with Crippen LogP contribution in [0.3, 0.4) is 0 Å². The van der Waals surface area contributed by atoms with Crippen LogP contribution < -0.4 is 5.32 Å². The number of hydrogen-bond donors (Lipinski definition) is 1. The zero-order chi connectivity index (χ0) is 21.3. The van der Waals surface area contributed by atoms with Gasteiger partial charge in [0.25, 0.3) is 5.91 Å². The molecule has 1 saturated carbocycles. The summed E-state index contributed by atoms with van der Waals surface area (Å²) in [5.41, 5.74) is 1.33. The summed E-state index contributed by atoms with van der Waals surface area (Å²) in [5.74, 6) is 1.63. The van der Waals surface area contributed by atoms with Gasteiger partial charge in [0.1, 0.15) is 6.10 Å². The molecule has 0 bridgehead atoms. The molecule has 4 fully saturated rings. The number of carbonyl (C=O) groups excluding carboxylic acids is 1. The minimum atomic E-state index is -0.253. The van der Waals surface area contributed by atoms with Gasteiger partial charge >= 0.3 is 0 Å². The van der Waals surface area contributed by atoms with Crippen molar-refractivity contribution in [2.75, 3.05) is 39.3 Å². The third kappa shape index (κ3) is 4.37. The molecule has 1 N–H and O–H groups in total. The number of carbonyl (C=O) groups is 1. The van der Waals surface area contributed by atoms with Crippen LogP contribution in [-0.4, -0.2) is 72.7 Å². The normalized spacial score (nSPS) is 30.5. The Balaban J connectivity index is 1.07. The number of amides is 1. The summed E-state index contributed by atoms with van der Waals surface area (Å²) < 4.78 is 5.57. The Morgan fingerprint density at radius 1 is 1.19 bits per heavy atom. The lowest BCUT2D eigenvalue weighted by molar-refractivity contribution is -0.157. The number of ether oxygens (including phenoxy) is 1. The fourth-order valence-electron chi connectivity index (χ4n) is 5.82. The largest absolute Gasteiger partial charge is 0.368 e. The van der Waals surface area contributed by atoms with Crippen LogP contribution in [0.2, 0.25) is 0 Å². The quantitative estimate of drug-likeness (QED) is 0.731. The van der Waals surface area contributed by atoms with Gasteiger partial charge in [0, 0.05) is 38.8 Å². The molecule has 3 heterocycles. The Hall–Kier alpha value is -1.94. The Labute approximate surface area is 185 Å². The van der Waals surface area contributed by atoms with E-state index in [0.717, 1.165) is 57.2 Å². The van der Waals surface area contributed by atoms with Gasteiger partial charge in [-0.15, -0.1) is 0 Å². The average Bonchev–Trinajstić information content (AvgIpc) is 3.35. The van der Waals surface area contributed by atoms with Gasteiger partial charge in [0.15, 0.2) is 0 Å². The molecule has 0 spiro atoms. The van der Waals surface area contributed by atoms with Crippen LogP contribution in [0.1, 0.15) is 50.0 Å². The van der Waals surface area contributed by atoms with Gasteiger partial charge in [0.05, 0.1) is 18.0 Å². The maximum atomic E-state index is 12.6. The third-order valence-corrected chi connectivity index (χ3v) is 7.88. The zero-order valence-electron chi connectivity index (χ0n) is 18.3. The van der Waals surface area contributed by atoms with E-state index in [2.05, 4.69) is 46.6 Å². The SMILES string of the molecule is N#CCC1(N2CCC(NC[C@@H]3CC3c3ccccc3)CC2)CN(C(=O)[C@@H]2CCCO2)C1. The van der Waals surface area contributed by atoms with E-state index in [1.165, 1.54) is 12.0 Å². The Morgan fingerprint density at radius 2 is 1.97 bits per heavy atom. The van der Waals surface area contributed by atoms with Crippen molar-refractivity contribution in [2.45, 2.75) is 62.1 Å². The summed E-state index contributed by atoms with van der Waals surface area (Å²) in [5, 5.41) is 13.3. The number of nitrogens with zero attached hydrogens (tertiary/aromatic N) is 3. The van der Waals surface area contributed by atoms with E-state index < -0.39 is 0 Å². The van der Waals surface area contributed by atoms with Crippen LogP contribution in [0.25, 0.3) is 0 Å². The first-order valence-corrected chi connectivity index (χ1v) is 12.0. The average molecular weight is 423 g/mol. The summed E-state index contributed by atoms with van der Waals surface area (Å²) in [6.07, 6.45) is 5.60. The van der Waals surface area contributed by atoms with Crippen LogP contribution in [-0.2, 0) is 9.53 Å². The van der Waals surface area contributed by atoms with Gasteiger partial charge < -0.3 is 15.0 Å². The summed E-state index contributed by atoms with van der Waals surface area (Å²) in [7, 11) is 0. The van der Waals surface area contributed by atoms with Crippen molar-refractivity contribution in [3.8, 4) is 6.07 Å². The summed E-state index contributed by atoms with van der Waals surface area (Å²) in [6, 6.07) is 13.8. The van der Waals surface area contributed by atoms with Gasteiger partial charge in [0.2, 0.25) is 0 Å². The Morgan fingerprint density at radius 3 is 2.65 bits per heavy atom. The maximum Gasteiger partial charge on any atom is 0.251 e. The molecule has 5 rings (SSSR count). The van der Waals surface area contributed by atoms with Crippen molar-refractivity contribution >= 4 is 5.91 Å². The number of benzene rings is 1. The number of nitriles is 1. The fourth-order valence-corrected chi connectivity index (χ4v) is 5.82. The van der Waals surface area contributed by atoms with E-state index in [9.17, 15) is 10.1 Å². The van der Waals surface area contributed by atoms with Crippen molar-refractivity contribution in [3.63, 3.8) is 0 Å². The monoisotopic (exact) mass is 422 g/mol. The van der Waals surface area contributed by atoms with Crippen LogP contribution in [0.4, 0.5) is 0 Å². The summed E-state index contributed by atoms with van der Waals surface area (Å²) >= 11 is 0. The summed E-state index contributed by atoms with van der Waals surface area (Å²) in [6.45, 7) is 5.18. The first-order valence-electron chi connectivity index (χ1n) is 12.0. The van der Waals surface area contributed by atoms with E-state index in [-0.39, 0.29) is 17.6 Å². The van der Waals surface area contributed by atoms with E-state index in [4.69, 9.17) is 4.74 Å². The molecule has 31 heavy (non-hydrogen) atoms. The van der Waals surface area contributed by atoms with Crippen molar-refractivity contribution in [1.82, 2.24) is 15.1 Å². The van der Waals surface area contributed by atoms with E-state index in [0.29, 0.717) is 32.2 Å². The summed E-state index contributed by atoms with van der Waals surface area (Å²) in [4.78, 5) is 17.0.